The van der Waals surface area contributed by atoms with Crippen molar-refractivity contribution in [2.24, 2.45) is 0 Å². The second-order valence-electron chi connectivity index (χ2n) is 4.62. The zero-order valence-electron chi connectivity index (χ0n) is 12.1. The Labute approximate surface area is 120 Å². The zero-order chi connectivity index (χ0) is 15.3. The molecule has 0 radical (unpaired) electrons. The van der Waals surface area contributed by atoms with Gasteiger partial charge < -0.3 is 4.74 Å². The Bertz CT molecular complexity index is 547. The lowest BCUT2D eigenvalue weighted by Gasteiger charge is -2.20. The van der Waals surface area contributed by atoms with E-state index in [1.54, 1.807) is 32.9 Å². The number of benzene rings is 1. The molecule has 112 valence electrons. The summed E-state index contributed by atoms with van der Waals surface area (Å²) in [6.07, 6.45) is -1.15. The molecular weight excluding hydrogens is 280 g/mol. The minimum Gasteiger partial charge on any atom is -0.460 e. The molecule has 6 heteroatoms. The lowest BCUT2D eigenvalue weighted by atomic mass is 10.2. The molecule has 0 aliphatic carbocycles. The number of rotatable bonds is 6. The minimum absolute atomic E-state index is 0.0870. The van der Waals surface area contributed by atoms with Crippen LogP contribution in [0.5, 0.6) is 0 Å². The molecule has 0 aliphatic heterocycles. The van der Waals surface area contributed by atoms with Gasteiger partial charge in [-0.1, -0.05) is 24.6 Å². The van der Waals surface area contributed by atoms with Gasteiger partial charge in [0.05, 0.1) is 4.90 Å². The summed E-state index contributed by atoms with van der Waals surface area (Å²) in [5.74, 6) is -0.388. The second-order valence-corrected chi connectivity index (χ2v) is 6.19. The van der Waals surface area contributed by atoms with Crippen LogP contribution in [0, 0.1) is 6.92 Å². The first-order valence-corrected chi connectivity index (χ1v) is 7.86. The Morgan fingerprint density at radius 1 is 1.15 bits per heavy atom. The molecule has 2 atom stereocenters. The molecule has 5 nitrogen and oxygen atoms in total. The molecule has 0 amide bonds. The van der Waals surface area contributed by atoms with E-state index < -0.39 is 22.3 Å². The molecule has 20 heavy (non-hydrogen) atoms. The van der Waals surface area contributed by atoms with Crippen LogP contribution < -0.4 is 0 Å². The Balaban J connectivity index is 2.75. The predicted octanol–water partition coefficient (Wildman–Crippen LogP) is 2.43. The van der Waals surface area contributed by atoms with E-state index in [1.807, 2.05) is 6.92 Å². The number of aryl methyl sites for hydroxylation is 1. The monoisotopic (exact) mass is 300 g/mol. The summed E-state index contributed by atoms with van der Waals surface area (Å²) in [4.78, 5) is 11.3. The number of carbonyl (C=O) groups excluding carboxylic acids is 1. The fourth-order valence-corrected chi connectivity index (χ4v) is 2.56. The number of hydrogen-bond acceptors (Lipinski definition) is 5. The van der Waals surface area contributed by atoms with Gasteiger partial charge in [0, 0.05) is 6.42 Å². The quantitative estimate of drug-likeness (QED) is 0.596. The largest absolute Gasteiger partial charge is 0.460 e. The molecule has 1 rings (SSSR count). The van der Waals surface area contributed by atoms with Gasteiger partial charge in [0.2, 0.25) is 0 Å². The molecule has 0 saturated carbocycles. The van der Waals surface area contributed by atoms with Crippen LogP contribution in [0.2, 0.25) is 0 Å². The topological polar surface area (TPSA) is 69.7 Å². The molecule has 0 aliphatic rings. The highest BCUT2D eigenvalue weighted by atomic mass is 32.2. The summed E-state index contributed by atoms with van der Waals surface area (Å²) in [6, 6.07) is 6.36. The van der Waals surface area contributed by atoms with E-state index in [4.69, 9.17) is 8.92 Å². The highest BCUT2D eigenvalue weighted by Gasteiger charge is 2.24. The number of hydrogen-bond donors (Lipinski definition) is 0. The Hall–Kier alpha value is -1.40. The number of esters is 1. The highest BCUT2D eigenvalue weighted by Crippen LogP contribution is 2.17. The molecule has 0 aromatic heterocycles. The third-order valence-corrected chi connectivity index (χ3v) is 4.26. The maximum absolute atomic E-state index is 12.1. The van der Waals surface area contributed by atoms with Crippen molar-refractivity contribution < 1.29 is 22.1 Å². The summed E-state index contributed by atoms with van der Waals surface area (Å²) in [7, 11) is -3.86. The molecule has 2 unspecified atom stereocenters. The molecule has 0 fully saturated rings. The van der Waals surface area contributed by atoms with Crippen molar-refractivity contribution in [3.63, 3.8) is 0 Å². The Morgan fingerprint density at radius 3 is 2.20 bits per heavy atom. The molecule has 1 aromatic carbocycles. The summed E-state index contributed by atoms with van der Waals surface area (Å²) >= 11 is 0. The molecule has 1 aromatic rings. The molecule has 0 spiro atoms. The lowest BCUT2D eigenvalue weighted by molar-refractivity contribution is -0.151. The van der Waals surface area contributed by atoms with Crippen molar-refractivity contribution in [2.45, 2.75) is 51.2 Å². The zero-order valence-corrected chi connectivity index (χ0v) is 12.9. The SMILES string of the molecule is CCC(=O)OC(C)C(C)OS(=O)(=O)c1ccc(C)cc1. The van der Waals surface area contributed by atoms with Gasteiger partial charge in [-0.25, -0.2) is 0 Å². The second kappa shape index (κ2) is 6.85. The van der Waals surface area contributed by atoms with Crippen molar-refractivity contribution >= 4 is 16.1 Å². The van der Waals surface area contributed by atoms with Crippen LogP contribution in [0.1, 0.15) is 32.8 Å². The number of ether oxygens (including phenoxy) is 1. The van der Waals surface area contributed by atoms with Crippen LogP contribution in [0.3, 0.4) is 0 Å². The lowest BCUT2D eigenvalue weighted by Crippen LogP contribution is -2.30. The van der Waals surface area contributed by atoms with Gasteiger partial charge in [-0.3, -0.25) is 8.98 Å². The van der Waals surface area contributed by atoms with Crippen LogP contribution in [-0.4, -0.2) is 26.6 Å². The van der Waals surface area contributed by atoms with E-state index in [-0.39, 0.29) is 17.3 Å². The average Bonchev–Trinajstić information content (AvgIpc) is 2.38. The third kappa shape index (κ3) is 4.61. The van der Waals surface area contributed by atoms with Crippen LogP contribution >= 0.6 is 0 Å². The molecule has 0 bridgehead atoms. The summed E-state index contributed by atoms with van der Waals surface area (Å²) in [5, 5.41) is 0. The summed E-state index contributed by atoms with van der Waals surface area (Å²) < 4.78 is 34.2. The Morgan fingerprint density at radius 2 is 1.70 bits per heavy atom. The first-order valence-electron chi connectivity index (χ1n) is 6.45. The van der Waals surface area contributed by atoms with Crippen molar-refractivity contribution in [3.8, 4) is 0 Å². The molecule has 0 heterocycles. The van der Waals surface area contributed by atoms with Gasteiger partial charge in [-0.15, -0.1) is 0 Å². The van der Waals surface area contributed by atoms with E-state index in [2.05, 4.69) is 0 Å². The molecular formula is C14H20O5S. The smallest absolute Gasteiger partial charge is 0.305 e. The van der Waals surface area contributed by atoms with E-state index in [9.17, 15) is 13.2 Å². The minimum atomic E-state index is -3.86. The molecule has 0 saturated heterocycles. The highest BCUT2D eigenvalue weighted by molar-refractivity contribution is 7.86. The van der Waals surface area contributed by atoms with Gasteiger partial charge in [-0.2, -0.15) is 8.42 Å². The van der Waals surface area contributed by atoms with Crippen LogP contribution in [0.25, 0.3) is 0 Å². The summed E-state index contributed by atoms with van der Waals surface area (Å²) in [5.41, 5.74) is 0.960. The fourth-order valence-electron chi connectivity index (χ4n) is 1.43. The Kier molecular flexibility index (Phi) is 5.71. The summed E-state index contributed by atoms with van der Waals surface area (Å²) in [6.45, 7) is 6.69. The normalized spacial score (nSPS) is 14.6. The maximum Gasteiger partial charge on any atom is 0.305 e. The van der Waals surface area contributed by atoms with E-state index in [1.165, 1.54) is 12.1 Å². The van der Waals surface area contributed by atoms with Crippen molar-refractivity contribution in [1.82, 2.24) is 0 Å². The van der Waals surface area contributed by atoms with Crippen molar-refractivity contribution in [2.75, 3.05) is 0 Å². The van der Waals surface area contributed by atoms with Crippen molar-refractivity contribution in [3.05, 3.63) is 29.8 Å². The van der Waals surface area contributed by atoms with E-state index in [0.717, 1.165) is 5.56 Å². The molecule has 0 N–H and O–H groups in total. The first kappa shape index (κ1) is 16.7. The van der Waals surface area contributed by atoms with Crippen LogP contribution in [-0.2, 0) is 23.8 Å². The predicted molar refractivity (Wildman–Crippen MR) is 74.8 cm³/mol. The van der Waals surface area contributed by atoms with Crippen LogP contribution in [0.4, 0.5) is 0 Å². The standard InChI is InChI=1S/C14H20O5S/c1-5-14(15)18-11(3)12(4)19-20(16,17)13-8-6-10(2)7-9-13/h6-9,11-12H,5H2,1-4H3. The van der Waals surface area contributed by atoms with Crippen LogP contribution in [0.15, 0.2) is 29.2 Å². The van der Waals surface area contributed by atoms with Gasteiger partial charge in [0.25, 0.3) is 10.1 Å². The first-order chi connectivity index (χ1) is 9.26. The van der Waals surface area contributed by atoms with E-state index in [0.29, 0.717) is 0 Å². The van der Waals surface area contributed by atoms with Crippen molar-refractivity contribution in [1.29, 1.82) is 0 Å². The fraction of sp³-hybridized carbons (Fsp3) is 0.500. The van der Waals surface area contributed by atoms with Gasteiger partial charge in [0.1, 0.15) is 12.2 Å². The number of carbonyl (C=O) groups is 1. The third-order valence-electron chi connectivity index (χ3n) is 2.86. The van der Waals surface area contributed by atoms with E-state index >= 15 is 0 Å². The van der Waals surface area contributed by atoms with Gasteiger partial charge >= 0.3 is 5.97 Å². The van der Waals surface area contributed by atoms with Gasteiger partial charge in [-0.05, 0) is 32.9 Å². The average molecular weight is 300 g/mol. The maximum atomic E-state index is 12.1. The van der Waals surface area contributed by atoms with Gasteiger partial charge in [0.15, 0.2) is 0 Å².